The molecule has 0 radical (unpaired) electrons. The molecule has 1 aromatic carbocycles. The van der Waals surface area contributed by atoms with Gasteiger partial charge in [0.25, 0.3) is 5.91 Å². The van der Waals surface area contributed by atoms with E-state index >= 15 is 0 Å². The quantitative estimate of drug-likeness (QED) is 0.720. The van der Waals surface area contributed by atoms with E-state index < -0.39 is 18.0 Å². The first kappa shape index (κ1) is 21.4. The van der Waals surface area contributed by atoms with E-state index in [2.05, 4.69) is 10.6 Å². The van der Waals surface area contributed by atoms with Crippen molar-refractivity contribution in [1.82, 2.24) is 0 Å². The van der Waals surface area contributed by atoms with Crippen LogP contribution in [0.5, 0.6) is 0 Å². The molecule has 0 aliphatic rings. The number of thiophene rings is 1. The summed E-state index contributed by atoms with van der Waals surface area (Å²) in [5.41, 5.74) is 2.63. The zero-order valence-electron chi connectivity index (χ0n) is 16.9. The predicted octanol–water partition coefficient (Wildman–Crippen LogP) is 3.57. The van der Waals surface area contributed by atoms with Crippen LogP contribution in [-0.4, -0.2) is 38.0 Å². The molecule has 150 valence electrons. The van der Waals surface area contributed by atoms with Crippen LogP contribution in [0.3, 0.4) is 0 Å². The molecule has 8 heteroatoms. The number of hydrogen-bond acceptors (Lipinski definition) is 6. The fourth-order valence-corrected chi connectivity index (χ4v) is 3.58. The smallest absolute Gasteiger partial charge is 0.342 e. The van der Waals surface area contributed by atoms with Gasteiger partial charge in [-0.3, -0.25) is 9.59 Å². The van der Waals surface area contributed by atoms with Crippen molar-refractivity contribution in [3.05, 3.63) is 40.3 Å². The summed E-state index contributed by atoms with van der Waals surface area (Å²) >= 11 is 1.30. The fourth-order valence-electron chi connectivity index (χ4n) is 2.48. The molecule has 0 bridgehead atoms. The maximum absolute atomic E-state index is 12.6. The predicted molar refractivity (Wildman–Crippen MR) is 112 cm³/mol. The Balaban J connectivity index is 2.07. The van der Waals surface area contributed by atoms with E-state index in [-0.39, 0.29) is 11.5 Å². The van der Waals surface area contributed by atoms with Crippen LogP contribution in [0.15, 0.2) is 24.3 Å². The lowest BCUT2D eigenvalue weighted by atomic mass is 10.1. The highest BCUT2D eigenvalue weighted by Crippen LogP contribution is 2.33. The van der Waals surface area contributed by atoms with Gasteiger partial charge in [0.05, 0.1) is 5.56 Å². The van der Waals surface area contributed by atoms with E-state index in [1.807, 2.05) is 38.1 Å². The Morgan fingerprint density at radius 1 is 1.07 bits per heavy atom. The molecule has 0 fully saturated rings. The zero-order valence-corrected chi connectivity index (χ0v) is 17.7. The van der Waals surface area contributed by atoms with Gasteiger partial charge >= 0.3 is 5.97 Å². The van der Waals surface area contributed by atoms with Gasteiger partial charge in [0, 0.05) is 37.3 Å². The molecule has 0 aliphatic carbocycles. The normalized spacial score (nSPS) is 11.5. The van der Waals surface area contributed by atoms with Gasteiger partial charge in [0.1, 0.15) is 5.00 Å². The molecular weight excluding hydrogens is 378 g/mol. The maximum atomic E-state index is 12.6. The second-order valence-corrected chi connectivity index (χ2v) is 7.87. The second-order valence-electron chi connectivity index (χ2n) is 6.65. The Morgan fingerprint density at radius 3 is 2.21 bits per heavy atom. The number of ether oxygens (including phenoxy) is 1. The molecule has 0 unspecified atom stereocenters. The van der Waals surface area contributed by atoms with Gasteiger partial charge in [0.15, 0.2) is 6.10 Å². The SMILES string of the molecule is CC(=O)Nc1sc(C)c(C)c1C(=O)O[C@@H](C)C(=O)Nc1ccc(N(C)C)cc1. The monoisotopic (exact) mass is 403 g/mol. The number of amides is 2. The van der Waals surface area contributed by atoms with Crippen molar-refractivity contribution in [1.29, 1.82) is 0 Å². The molecule has 0 saturated heterocycles. The molecule has 28 heavy (non-hydrogen) atoms. The fraction of sp³-hybridized carbons (Fsp3) is 0.350. The van der Waals surface area contributed by atoms with Gasteiger partial charge in [-0.25, -0.2) is 4.79 Å². The highest BCUT2D eigenvalue weighted by molar-refractivity contribution is 7.16. The first-order valence-corrected chi connectivity index (χ1v) is 9.58. The first-order valence-electron chi connectivity index (χ1n) is 8.77. The van der Waals surface area contributed by atoms with Crippen LogP contribution in [0.2, 0.25) is 0 Å². The number of esters is 1. The van der Waals surface area contributed by atoms with Crippen LogP contribution in [0, 0.1) is 13.8 Å². The topological polar surface area (TPSA) is 87.7 Å². The van der Waals surface area contributed by atoms with Crippen molar-refractivity contribution in [2.45, 2.75) is 33.8 Å². The van der Waals surface area contributed by atoms with Gasteiger partial charge in [-0.2, -0.15) is 0 Å². The van der Waals surface area contributed by atoms with Gasteiger partial charge in [0.2, 0.25) is 5.91 Å². The third-order valence-electron chi connectivity index (χ3n) is 4.18. The maximum Gasteiger partial charge on any atom is 0.342 e. The van der Waals surface area contributed by atoms with Crippen LogP contribution < -0.4 is 15.5 Å². The highest BCUT2D eigenvalue weighted by atomic mass is 32.1. The molecule has 0 saturated carbocycles. The first-order chi connectivity index (χ1) is 13.1. The molecule has 0 spiro atoms. The van der Waals surface area contributed by atoms with Crippen molar-refractivity contribution in [2.24, 2.45) is 0 Å². The number of carbonyl (C=O) groups is 3. The molecule has 0 aliphatic heterocycles. The van der Waals surface area contributed by atoms with Crippen molar-refractivity contribution < 1.29 is 19.1 Å². The molecule has 2 N–H and O–H groups in total. The highest BCUT2D eigenvalue weighted by Gasteiger charge is 2.25. The van der Waals surface area contributed by atoms with Gasteiger partial charge in [-0.05, 0) is 50.6 Å². The minimum Gasteiger partial charge on any atom is -0.449 e. The minimum atomic E-state index is -0.995. The lowest BCUT2D eigenvalue weighted by Gasteiger charge is -2.16. The average Bonchev–Trinajstić information content (AvgIpc) is 2.88. The summed E-state index contributed by atoms with van der Waals surface area (Å²) in [6.07, 6.45) is -0.995. The lowest BCUT2D eigenvalue weighted by molar-refractivity contribution is -0.123. The van der Waals surface area contributed by atoms with E-state index in [0.29, 0.717) is 10.7 Å². The van der Waals surface area contributed by atoms with Crippen molar-refractivity contribution in [2.75, 3.05) is 29.6 Å². The molecule has 1 atom stereocenters. The van der Waals surface area contributed by atoms with Crippen molar-refractivity contribution >= 4 is 45.5 Å². The standard InChI is InChI=1S/C20H25N3O4S/c1-11-13(3)28-19(21-14(4)24)17(11)20(26)27-12(2)18(25)22-15-7-9-16(10-8-15)23(5)6/h7-10,12H,1-6H3,(H,21,24)(H,22,25)/t12-/m0/s1. The lowest BCUT2D eigenvalue weighted by Crippen LogP contribution is -2.30. The van der Waals surface area contributed by atoms with Crippen LogP contribution >= 0.6 is 11.3 Å². The van der Waals surface area contributed by atoms with Gasteiger partial charge in [-0.1, -0.05) is 0 Å². The van der Waals surface area contributed by atoms with Crippen LogP contribution in [-0.2, 0) is 14.3 Å². The summed E-state index contributed by atoms with van der Waals surface area (Å²) in [6, 6.07) is 7.32. The number of anilines is 3. The average molecular weight is 404 g/mol. The van der Waals surface area contributed by atoms with Crippen LogP contribution in [0.25, 0.3) is 0 Å². The van der Waals surface area contributed by atoms with E-state index in [1.165, 1.54) is 25.2 Å². The molecule has 1 heterocycles. The largest absolute Gasteiger partial charge is 0.449 e. The van der Waals surface area contributed by atoms with Crippen LogP contribution in [0.1, 0.15) is 34.6 Å². The second kappa shape index (κ2) is 8.88. The number of rotatable bonds is 6. The Bertz CT molecular complexity index is 888. The minimum absolute atomic E-state index is 0.276. The summed E-state index contributed by atoms with van der Waals surface area (Å²) < 4.78 is 5.34. The van der Waals surface area contributed by atoms with Crippen molar-refractivity contribution in [3.8, 4) is 0 Å². The summed E-state index contributed by atoms with van der Waals surface area (Å²) in [5.74, 6) is -1.35. The summed E-state index contributed by atoms with van der Waals surface area (Å²) in [6.45, 7) is 6.52. The number of benzene rings is 1. The van der Waals surface area contributed by atoms with E-state index in [4.69, 9.17) is 4.74 Å². The van der Waals surface area contributed by atoms with Crippen molar-refractivity contribution in [3.63, 3.8) is 0 Å². The third kappa shape index (κ3) is 5.10. The number of carbonyl (C=O) groups excluding carboxylic acids is 3. The van der Waals surface area contributed by atoms with Gasteiger partial charge in [-0.15, -0.1) is 11.3 Å². The Morgan fingerprint density at radius 2 is 1.68 bits per heavy atom. The molecular formula is C20H25N3O4S. The Labute approximate surface area is 168 Å². The Kier molecular flexibility index (Phi) is 6.80. The van der Waals surface area contributed by atoms with E-state index in [9.17, 15) is 14.4 Å². The molecule has 7 nitrogen and oxygen atoms in total. The summed E-state index contributed by atoms with van der Waals surface area (Å²) in [4.78, 5) is 39.2. The molecule has 2 amide bonds. The molecule has 2 aromatic rings. The zero-order chi connectivity index (χ0) is 21.0. The Hall–Kier alpha value is -2.87. The number of nitrogens with zero attached hydrogens (tertiary/aromatic N) is 1. The van der Waals surface area contributed by atoms with E-state index in [0.717, 1.165) is 16.1 Å². The molecule has 2 rings (SSSR count). The van der Waals surface area contributed by atoms with Crippen LogP contribution in [0.4, 0.5) is 16.4 Å². The van der Waals surface area contributed by atoms with Gasteiger partial charge < -0.3 is 20.3 Å². The third-order valence-corrected chi connectivity index (χ3v) is 5.31. The summed E-state index contributed by atoms with van der Waals surface area (Å²) in [7, 11) is 3.86. The van der Waals surface area contributed by atoms with E-state index in [1.54, 1.807) is 19.1 Å². The molecule has 1 aromatic heterocycles. The number of nitrogens with one attached hydrogen (secondary N) is 2. The number of hydrogen-bond donors (Lipinski definition) is 2. The number of aryl methyl sites for hydroxylation is 1. The summed E-state index contributed by atoms with van der Waals surface area (Å²) in [5, 5.41) is 5.81.